The number of nitrogens with zero attached hydrogens (tertiary/aromatic N) is 5. The fourth-order valence-corrected chi connectivity index (χ4v) is 2.98. The third kappa shape index (κ3) is 3.87. The summed E-state index contributed by atoms with van der Waals surface area (Å²) in [5, 5.41) is 4.88. The molecule has 2 aromatic heterocycles. The minimum atomic E-state index is -0.415. The second-order valence-electron chi connectivity index (χ2n) is 7.07. The Morgan fingerprint density at radius 3 is 2.50 bits per heavy atom. The SMILES string of the molecule is CC(C)CCn1c(N/N=C\c2ccc(Cl)cc2)nc2c1c(=O)n(C)c(=O)n2C. The van der Waals surface area contributed by atoms with Gasteiger partial charge in [0, 0.05) is 25.7 Å². The average Bonchev–Trinajstić information content (AvgIpc) is 3.03. The Kier molecular flexibility index (Phi) is 5.69. The lowest BCUT2D eigenvalue weighted by atomic mass is 10.1. The van der Waals surface area contributed by atoms with Crippen molar-refractivity contribution in [1.29, 1.82) is 0 Å². The number of rotatable bonds is 6. The second-order valence-corrected chi connectivity index (χ2v) is 7.51. The quantitative estimate of drug-likeness (QED) is 0.507. The van der Waals surface area contributed by atoms with Crippen molar-refractivity contribution in [2.45, 2.75) is 26.8 Å². The Bertz CT molecular complexity index is 1140. The minimum absolute atomic E-state index is 0.334. The molecule has 0 fully saturated rings. The van der Waals surface area contributed by atoms with Crippen LogP contribution in [-0.2, 0) is 20.6 Å². The van der Waals surface area contributed by atoms with Crippen LogP contribution in [-0.4, -0.2) is 24.9 Å². The van der Waals surface area contributed by atoms with Crippen LogP contribution in [0.2, 0.25) is 5.02 Å². The maximum absolute atomic E-state index is 12.7. The van der Waals surface area contributed by atoms with Gasteiger partial charge in [-0.2, -0.15) is 10.1 Å². The topological polar surface area (TPSA) is 86.2 Å². The molecule has 0 bridgehead atoms. The zero-order chi connectivity index (χ0) is 20.4. The number of anilines is 1. The molecule has 0 aliphatic rings. The Morgan fingerprint density at radius 2 is 1.86 bits per heavy atom. The predicted octanol–water partition coefficient (Wildman–Crippen LogP) is 2.58. The van der Waals surface area contributed by atoms with Gasteiger partial charge in [-0.25, -0.2) is 10.2 Å². The van der Waals surface area contributed by atoms with Gasteiger partial charge >= 0.3 is 5.69 Å². The fraction of sp³-hybridized carbons (Fsp3) is 0.368. The van der Waals surface area contributed by atoms with Gasteiger partial charge in [-0.15, -0.1) is 0 Å². The maximum Gasteiger partial charge on any atom is 0.332 e. The van der Waals surface area contributed by atoms with Crippen LogP contribution in [0.1, 0.15) is 25.8 Å². The van der Waals surface area contributed by atoms with Crippen LogP contribution in [0.15, 0.2) is 39.0 Å². The second kappa shape index (κ2) is 8.02. The van der Waals surface area contributed by atoms with E-state index < -0.39 is 5.69 Å². The first-order valence-electron chi connectivity index (χ1n) is 9.00. The van der Waals surface area contributed by atoms with Crippen LogP contribution in [0.5, 0.6) is 0 Å². The number of hydrogen-bond acceptors (Lipinski definition) is 5. The summed E-state index contributed by atoms with van der Waals surface area (Å²) in [7, 11) is 3.07. The molecule has 0 saturated carbocycles. The van der Waals surface area contributed by atoms with Crippen molar-refractivity contribution >= 4 is 34.9 Å². The molecule has 148 valence electrons. The first-order valence-corrected chi connectivity index (χ1v) is 9.38. The standard InChI is InChI=1S/C19H23ClN6O2/c1-12(2)9-10-26-15-16(24(3)19(28)25(4)17(15)27)22-18(26)23-21-11-13-5-7-14(20)8-6-13/h5-8,11-12H,9-10H2,1-4H3,(H,22,23)/b21-11-. The highest BCUT2D eigenvalue weighted by Crippen LogP contribution is 2.18. The van der Waals surface area contributed by atoms with Gasteiger partial charge in [-0.1, -0.05) is 37.6 Å². The molecular formula is C19H23ClN6O2. The third-order valence-corrected chi connectivity index (χ3v) is 4.78. The number of fused-ring (bicyclic) bond motifs is 1. The van der Waals surface area contributed by atoms with E-state index in [0.29, 0.717) is 34.6 Å². The molecule has 0 saturated heterocycles. The van der Waals surface area contributed by atoms with Gasteiger partial charge in [0.25, 0.3) is 5.56 Å². The Balaban J connectivity index is 2.05. The molecule has 9 heteroatoms. The summed E-state index contributed by atoms with van der Waals surface area (Å²) in [6, 6.07) is 7.24. The van der Waals surface area contributed by atoms with Crippen molar-refractivity contribution in [3.05, 3.63) is 55.7 Å². The molecule has 8 nitrogen and oxygen atoms in total. The van der Waals surface area contributed by atoms with Crippen LogP contribution in [0.3, 0.4) is 0 Å². The average molecular weight is 403 g/mol. The van der Waals surface area contributed by atoms with Crippen molar-refractivity contribution in [2.75, 3.05) is 5.43 Å². The van der Waals surface area contributed by atoms with E-state index in [-0.39, 0.29) is 5.56 Å². The monoisotopic (exact) mass is 402 g/mol. The van der Waals surface area contributed by atoms with E-state index >= 15 is 0 Å². The summed E-state index contributed by atoms with van der Waals surface area (Å²) in [5.74, 6) is 0.860. The molecule has 1 aromatic carbocycles. The van der Waals surface area contributed by atoms with E-state index in [2.05, 4.69) is 29.4 Å². The van der Waals surface area contributed by atoms with Crippen molar-refractivity contribution in [3.8, 4) is 0 Å². The molecule has 0 amide bonds. The van der Waals surface area contributed by atoms with Gasteiger partial charge < -0.3 is 4.57 Å². The summed E-state index contributed by atoms with van der Waals surface area (Å²) in [5.41, 5.74) is 3.71. The Hall–Kier alpha value is -2.87. The number of aryl methyl sites for hydroxylation is 2. The van der Waals surface area contributed by atoms with Crippen molar-refractivity contribution in [1.82, 2.24) is 18.7 Å². The zero-order valence-corrected chi connectivity index (χ0v) is 17.1. The molecule has 0 spiro atoms. The molecular weight excluding hydrogens is 380 g/mol. The third-order valence-electron chi connectivity index (χ3n) is 4.53. The van der Waals surface area contributed by atoms with Crippen molar-refractivity contribution < 1.29 is 0 Å². The van der Waals surface area contributed by atoms with E-state index in [1.807, 2.05) is 12.1 Å². The summed E-state index contributed by atoms with van der Waals surface area (Å²) in [6.07, 6.45) is 2.49. The maximum atomic E-state index is 12.7. The number of imidazole rings is 1. The summed E-state index contributed by atoms with van der Waals surface area (Å²) in [6.45, 7) is 4.80. The molecule has 0 atom stereocenters. The van der Waals surface area contributed by atoms with E-state index in [9.17, 15) is 9.59 Å². The minimum Gasteiger partial charge on any atom is -0.303 e. The Morgan fingerprint density at radius 1 is 1.18 bits per heavy atom. The van der Waals surface area contributed by atoms with Crippen molar-refractivity contribution in [3.63, 3.8) is 0 Å². The summed E-state index contributed by atoms with van der Waals surface area (Å²) < 4.78 is 4.25. The van der Waals surface area contributed by atoms with E-state index in [4.69, 9.17) is 11.6 Å². The lowest BCUT2D eigenvalue weighted by Gasteiger charge is -2.10. The molecule has 3 aromatic rings. The first kappa shape index (κ1) is 19.9. The van der Waals surface area contributed by atoms with Gasteiger partial charge in [-0.3, -0.25) is 13.9 Å². The molecule has 2 heterocycles. The van der Waals surface area contributed by atoms with Gasteiger partial charge in [-0.05, 0) is 30.0 Å². The summed E-state index contributed by atoms with van der Waals surface area (Å²) in [4.78, 5) is 29.4. The number of hydrazone groups is 1. The van der Waals surface area contributed by atoms with Crippen LogP contribution in [0.25, 0.3) is 11.2 Å². The van der Waals surface area contributed by atoms with Gasteiger partial charge in [0.2, 0.25) is 5.95 Å². The van der Waals surface area contributed by atoms with Gasteiger partial charge in [0.05, 0.1) is 6.21 Å². The van der Waals surface area contributed by atoms with Crippen LogP contribution < -0.4 is 16.7 Å². The highest BCUT2D eigenvalue weighted by molar-refractivity contribution is 6.30. The van der Waals surface area contributed by atoms with Gasteiger partial charge in [0.15, 0.2) is 11.2 Å². The number of benzene rings is 1. The lowest BCUT2D eigenvalue weighted by molar-refractivity contribution is 0.524. The molecule has 0 aliphatic heterocycles. The largest absolute Gasteiger partial charge is 0.332 e. The van der Waals surface area contributed by atoms with Crippen LogP contribution in [0, 0.1) is 5.92 Å². The fourth-order valence-electron chi connectivity index (χ4n) is 2.85. The molecule has 3 rings (SSSR count). The van der Waals surface area contributed by atoms with Crippen molar-refractivity contribution in [2.24, 2.45) is 25.1 Å². The van der Waals surface area contributed by atoms with Gasteiger partial charge in [0.1, 0.15) is 0 Å². The lowest BCUT2D eigenvalue weighted by Crippen LogP contribution is -2.37. The van der Waals surface area contributed by atoms with E-state index in [1.165, 1.54) is 11.6 Å². The number of hydrogen-bond donors (Lipinski definition) is 1. The first-order chi connectivity index (χ1) is 13.3. The van der Waals surface area contributed by atoms with Crippen LogP contribution in [0.4, 0.5) is 5.95 Å². The van der Waals surface area contributed by atoms with E-state index in [0.717, 1.165) is 16.6 Å². The normalized spacial score (nSPS) is 11.8. The zero-order valence-electron chi connectivity index (χ0n) is 16.3. The Labute approximate surface area is 167 Å². The highest BCUT2D eigenvalue weighted by Gasteiger charge is 2.19. The molecule has 0 radical (unpaired) electrons. The number of halogens is 1. The number of aromatic nitrogens is 4. The molecule has 1 N–H and O–H groups in total. The van der Waals surface area contributed by atoms with Crippen LogP contribution >= 0.6 is 11.6 Å². The smallest absolute Gasteiger partial charge is 0.303 e. The summed E-state index contributed by atoms with van der Waals surface area (Å²) >= 11 is 5.89. The predicted molar refractivity (Wildman–Crippen MR) is 112 cm³/mol. The molecule has 0 unspecified atom stereocenters. The highest BCUT2D eigenvalue weighted by atomic mass is 35.5. The van der Waals surface area contributed by atoms with E-state index in [1.54, 1.807) is 30.0 Å². The molecule has 28 heavy (non-hydrogen) atoms. The number of nitrogens with one attached hydrogen (secondary N) is 1. The molecule has 0 aliphatic carbocycles.